The number of aromatic nitrogens is 4. The minimum absolute atomic E-state index is 0.215. The zero-order valence-electron chi connectivity index (χ0n) is 14.3. The summed E-state index contributed by atoms with van der Waals surface area (Å²) in [5.74, 6) is 1.37. The number of ether oxygens (including phenoxy) is 1. The Bertz CT molecular complexity index is 853. The first kappa shape index (κ1) is 16.8. The highest BCUT2D eigenvalue weighted by Crippen LogP contribution is 2.22. The van der Waals surface area contributed by atoms with Gasteiger partial charge in [0.15, 0.2) is 0 Å². The van der Waals surface area contributed by atoms with E-state index in [0.717, 1.165) is 30.1 Å². The Kier molecular flexibility index (Phi) is 5.13. The molecule has 0 atom stereocenters. The Balaban J connectivity index is 1.67. The molecule has 2 aromatic heterocycles. The Morgan fingerprint density at radius 1 is 1.36 bits per heavy atom. The van der Waals surface area contributed by atoms with Gasteiger partial charge < -0.3 is 14.6 Å². The molecule has 1 amide bonds. The van der Waals surface area contributed by atoms with Crippen LogP contribution in [0.5, 0.6) is 5.75 Å². The first-order valence-electron chi connectivity index (χ1n) is 8.19. The topological polar surface area (TPSA) is 84.8 Å². The summed E-state index contributed by atoms with van der Waals surface area (Å²) >= 11 is 0. The quantitative estimate of drug-likeness (QED) is 0.693. The van der Waals surface area contributed by atoms with Crippen molar-refractivity contribution in [3.8, 4) is 17.0 Å². The summed E-state index contributed by atoms with van der Waals surface area (Å²) in [7, 11) is 1.62. The number of H-pyrrole nitrogens is 1. The van der Waals surface area contributed by atoms with Crippen molar-refractivity contribution in [3.05, 3.63) is 54.2 Å². The third-order valence-electron chi connectivity index (χ3n) is 3.86. The van der Waals surface area contributed by atoms with E-state index in [-0.39, 0.29) is 5.91 Å². The van der Waals surface area contributed by atoms with Gasteiger partial charge in [0.05, 0.1) is 19.3 Å². The monoisotopic (exact) mass is 339 g/mol. The number of hydrogen-bond acceptors (Lipinski definition) is 4. The summed E-state index contributed by atoms with van der Waals surface area (Å²) in [6.07, 6.45) is 4.68. The van der Waals surface area contributed by atoms with Crippen LogP contribution in [0.25, 0.3) is 11.3 Å². The van der Waals surface area contributed by atoms with Crippen LogP contribution in [0.2, 0.25) is 0 Å². The number of carbonyl (C=O) groups is 1. The van der Waals surface area contributed by atoms with Gasteiger partial charge in [-0.15, -0.1) is 0 Å². The van der Waals surface area contributed by atoms with Crippen molar-refractivity contribution >= 4 is 5.91 Å². The van der Waals surface area contributed by atoms with E-state index < -0.39 is 0 Å². The van der Waals surface area contributed by atoms with Gasteiger partial charge in [0.1, 0.15) is 17.3 Å². The Morgan fingerprint density at radius 2 is 2.24 bits per heavy atom. The van der Waals surface area contributed by atoms with Crippen molar-refractivity contribution in [2.75, 3.05) is 7.11 Å². The molecule has 0 fully saturated rings. The van der Waals surface area contributed by atoms with Crippen molar-refractivity contribution in [1.29, 1.82) is 0 Å². The van der Waals surface area contributed by atoms with E-state index in [4.69, 9.17) is 4.74 Å². The maximum absolute atomic E-state index is 12.3. The van der Waals surface area contributed by atoms with Gasteiger partial charge >= 0.3 is 0 Å². The Hall–Kier alpha value is -3.09. The minimum Gasteiger partial charge on any atom is -0.497 e. The average Bonchev–Trinajstić information content (AvgIpc) is 3.30. The molecule has 0 bridgehead atoms. The molecule has 7 nitrogen and oxygen atoms in total. The van der Waals surface area contributed by atoms with Crippen LogP contribution in [0.15, 0.2) is 42.7 Å². The van der Waals surface area contributed by atoms with Crippen LogP contribution in [-0.4, -0.2) is 32.8 Å². The number of nitrogens with one attached hydrogen (secondary N) is 2. The highest BCUT2D eigenvalue weighted by atomic mass is 16.5. The molecule has 0 saturated heterocycles. The van der Waals surface area contributed by atoms with Crippen molar-refractivity contribution in [3.63, 3.8) is 0 Å². The van der Waals surface area contributed by atoms with Crippen LogP contribution in [0, 0.1) is 0 Å². The van der Waals surface area contributed by atoms with E-state index >= 15 is 0 Å². The summed E-state index contributed by atoms with van der Waals surface area (Å²) in [5, 5.41) is 9.86. The van der Waals surface area contributed by atoms with Crippen LogP contribution in [-0.2, 0) is 13.1 Å². The molecule has 7 heteroatoms. The number of amides is 1. The van der Waals surface area contributed by atoms with E-state index in [1.807, 2.05) is 35.0 Å². The number of carbonyl (C=O) groups excluding carboxylic acids is 1. The second kappa shape index (κ2) is 7.65. The predicted molar refractivity (Wildman–Crippen MR) is 94.3 cm³/mol. The second-order valence-corrected chi connectivity index (χ2v) is 5.62. The molecule has 2 N–H and O–H groups in total. The molecule has 3 aromatic rings. The number of hydrogen-bond donors (Lipinski definition) is 2. The molecule has 2 heterocycles. The zero-order chi connectivity index (χ0) is 17.6. The number of methoxy groups -OCH3 is 1. The number of benzene rings is 1. The van der Waals surface area contributed by atoms with Crippen molar-refractivity contribution < 1.29 is 9.53 Å². The molecule has 0 aliphatic rings. The number of rotatable bonds is 7. The van der Waals surface area contributed by atoms with Crippen molar-refractivity contribution in [1.82, 2.24) is 25.1 Å². The summed E-state index contributed by atoms with van der Waals surface area (Å²) in [6.45, 7) is 3.36. The normalized spacial score (nSPS) is 10.6. The van der Waals surface area contributed by atoms with E-state index in [9.17, 15) is 4.79 Å². The highest BCUT2D eigenvalue weighted by Gasteiger charge is 2.12. The lowest BCUT2D eigenvalue weighted by Crippen LogP contribution is -2.25. The molecule has 0 aliphatic heterocycles. The lowest BCUT2D eigenvalue weighted by molar-refractivity contribution is 0.0944. The van der Waals surface area contributed by atoms with Crippen molar-refractivity contribution in [2.24, 2.45) is 0 Å². The van der Waals surface area contributed by atoms with Crippen LogP contribution in [0.4, 0.5) is 0 Å². The molecule has 130 valence electrons. The standard InChI is InChI=1S/C18H21N5O2/c1-3-8-23-9-7-19-17(23)12-20-18(24)16-11-15(21-22-16)13-5-4-6-14(10-13)25-2/h4-7,9-11H,3,8,12H2,1-2H3,(H,20,24)(H,21,22). The number of aromatic amines is 1. The van der Waals surface area contributed by atoms with Gasteiger partial charge in [-0.3, -0.25) is 9.89 Å². The van der Waals surface area contributed by atoms with Crippen LogP contribution in [0.1, 0.15) is 29.7 Å². The number of imidazole rings is 1. The molecule has 3 rings (SSSR count). The summed E-state index contributed by atoms with van der Waals surface area (Å²) in [6, 6.07) is 9.27. The van der Waals surface area contributed by atoms with Crippen LogP contribution >= 0.6 is 0 Å². The highest BCUT2D eigenvalue weighted by molar-refractivity contribution is 5.93. The van der Waals surface area contributed by atoms with Crippen LogP contribution < -0.4 is 10.1 Å². The SMILES string of the molecule is CCCn1ccnc1CNC(=O)c1cc(-c2cccc(OC)c2)n[nH]1. The molecular formula is C18H21N5O2. The predicted octanol–water partition coefficient (Wildman–Crippen LogP) is 2.62. The van der Waals surface area contributed by atoms with Gasteiger partial charge in [0.2, 0.25) is 0 Å². The van der Waals surface area contributed by atoms with Gasteiger partial charge in [-0.05, 0) is 24.6 Å². The summed E-state index contributed by atoms with van der Waals surface area (Å²) in [5.41, 5.74) is 1.98. The molecule has 1 aromatic carbocycles. The van der Waals surface area contributed by atoms with E-state index in [0.29, 0.717) is 17.9 Å². The largest absolute Gasteiger partial charge is 0.497 e. The molecule has 0 spiro atoms. The molecule has 25 heavy (non-hydrogen) atoms. The van der Waals surface area contributed by atoms with Gasteiger partial charge in [-0.25, -0.2) is 4.98 Å². The maximum Gasteiger partial charge on any atom is 0.269 e. The first-order chi connectivity index (χ1) is 12.2. The number of aryl methyl sites for hydroxylation is 1. The Morgan fingerprint density at radius 3 is 3.04 bits per heavy atom. The summed E-state index contributed by atoms with van der Waals surface area (Å²) in [4.78, 5) is 16.6. The van der Waals surface area contributed by atoms with E-state index in [2.05, 4.69) is 27.4 Å². The van der Waals surface area contributed by atoms with E-state index in [1.54, 1.807) is 19.4 Å². The lowest BCUT2D eigenvalue weighted by atomic mass is 10.1. The number of nitrogens with zero attached hydrogens (tertiary/aromatic N) is 3. The van der Waals surface area contributed by atoms with Gasteiger partial charge in [-0.2, -0.15) is 5.10 Å². The fourth-order valence-corrected chi connectivity index (χ4v) is 2.57. The van der Waals surface area contributed by atoms with Gasteiger partial charge in [-0.1, -0.05) is 19.1 Å². The fourth-order valence-electron chi connectivity index (χ4n) is 2.57. The smallest absolute Gasteiger partial charge is 0.269 e. The maximum atomic E-state index is 12.3. The second-order valence-electron chi connectivity index (χ2n) is 5.62. The third kappa shape index (κ3) is 3.88. The molecule has 0 radical (unpaired) electrons. The molecule has 0 saturated carbocycles. The molecule has 0 unspecified atom stereocenters. The van der Waals surface area contributed by atoms with Gasteiger partial charge in [0.25, 0.3) is 5.91 Å². The Labute approximate surface area is 146 Å². The fraction of sp³-hybridized carbons (Fsp3) is 0.278. The third-order valence-corrected chi connectivity index (χ3v) is 3.86. The molecule has 0 aliphatic carbocycles. The van der Waals surface area contributed by atoms with E-state index in [1.165, 1.54) is 0 Å². The van der Waals surface area contributed by atoms with Gasteiger partial charge in [0, 0.05) is 24.5 Å². The van der Waals surface area contributed by atoms with Crippen molar-refractivity contribution in [2.45, 2.75) is 26.4 Å². The van der Waals surface area contributed by atoms with Crippen LogP contribution in [0.3, 0.4) is 0 Å². The zero-order valence-corrected chi connectivity index (χ0v) is 14.3. The lowest BCUT2D eigenvalue weighted by Gasteiger charge is -2.07. The summed E-state index contributed by atoms with van der Waals surface area (Å²) < 4.78 is 7.25. The first-order valence-corrected chi connectivity index (χ1v) is 8.19. The average molecular weight is 339 g/mol. The molecular weight excluding hydrogens is 318 g/mol. The minimum atomic E-state index is -0.215.